The van der Waals surface area contributed by atoms with Crippen molar-refractivity contribution in [2.24, 2.45) is 0 Å². The van der Waals surface area contributed by atoms with Crippen LogP contribution in [0.4, 0.5) is 13.2 Å². The molecule has 1 heterocycles. The Kier molecular flexibility index (Phi) is 4.61. The molecule has 0 N–H and O–H groups in total. The lowest BCUT2D eigenvalue weighted by atomic mass is 10.0. The van der Waals surface area contributed by atoms with Gasteiger partial charge in [0, 0.05) is 26.2 Å². The molecular weight excluding hydrogens is 253 g/mol. The van der Waals surface area contributed by atoms with Crippen molar-refractivity contribution in [3.8, 4) is 0 Å². The molecular formula is C14H17F3N2. The van der Waals surface area contributed by atoms with Gasteiger partial charge in [-0.05, 0) is 12.6 Å². The summed E-state index contributed by atoms with van der Waals surface area (Å²) in [6.07, 6.45) is -2.23. The average molecular weight is 270 g/mol. The zero-order valence-corrected chi connectivity index (χ0v) is 10.8. The monoisotopic (exact) mass is 270 g/mol. The second-order valence-electron chi connectivity index (χ2n) is 4.76. The number of likely N-dealkylation sites (N-methyl/N-ethyl adjacent to an activating group) is 1. The predicted octanol–water partition coefficient (Wildman–Crippen LogP) is 3.05. The molecule has 1 aliphatic heterocycles. The fraction of sp³-hybridized carbons (Fsp3) is 0.429. The van der Waals surface area contributed by atoms with Gasteiger partial charge in [-0.25, -0.2) is 4.39 Å². The maximum atomic E-state index is 13.8. The Labute approximate surface area is 111 Å². The smallest absolute Gasteiger partial charge is 0.303 e. The highest BCUT2D eigenvalue weighted by atomic mass is 19.3. The highest BCUT2D eigenvalue weighted by molar-refractivity contribution is 5.26. The van der Waals surface area contributed by atoms with E-state index in [1.165, 1.54) is 0 Å². The molecule has 0 bridgehead atoms. The zero-order chi connectivity index (χ0) is 13.8. The molecule has 0 radical (unpaired) electrons. The van der Waals surface area contributed by atoms with Crippen LogP contribution in [0.2, 0.25) is 0 Å². The minimum Gasteiger partial charge on any atom is -0.304 e. The van der Waals surface area contributed by atoms with E-state index < -0.39 is 17.9 Å². The van der Waals surface area contributed by atoms with E-state index in [2.05, 4.69) is 4.90 Å². The third-order valence-electron chi connectivity index (χ3n) is 3.44. The Morgan fingerprint density at radius 1 is 1.00 bits per heavy atom. The van der Waals surface area contributed by atoms with Gasteiger partial charge in [-0.2, -0.15) is 8.78 Å². The van der Waals surface area contributed by atoms with Crippen molar-refractivity contribution in [3.05, 3.63) is 47.8 Å². The van der Waals surface area contributed by atoms with E-state index in [-0.39, 0.29) is 0 Å². The summed E-state index contributed by atoms with van der Waals surface area (Å²) in [5.74, 6) is -1.34. The van der Waals surface area contributed by atoms with Gasteiger partial charge in [0.25, 0.3) is 0 Å². The van der Waals surface area contributed by atoms with Crippen LogP contribution in [0.25, 0.3) is 0 Å². The summed E-state index contributed by atoms with van der Waals surface area (Å²) in [5, 5.41) is 0. The van der Waals surface area contributed by atoms with Crippen LogP contribution in [0.5, 0.6) is 0 Å². The molecule has 0 aliphatic carbocycles. The van der Waals surface area contributed by atoms with Crippen molar-refractivity contribution in [2.75, 3.05) is 33.2 Å². The Balaban J connectivity index is 2.28. The van der Waals surface area contributed by atoms with Crippen molar-refractivity contribution < 1.29 is 13.2 Å². The van der Waals surface area contributed by atoms with Gasteiger partial charge in [-0.3, -0.25) is 4.90 Å². The van der Waals surface area contributed by atoms with E-state index in [0.717, 1.165) is 13.1 Å². The van der Waals surface area contributed by atoms with E-state index in [4.69, 9.17) is 0 Å². The Morgan fingerprint density at radius 3 is 2.11 bits per heavy atom. The number of hydrogen-bond acceptors (Lipinski definition) is 2. The second-order valence-corrected chi connectivity index (χ2v) is 4.76. The molecule has 2 rings (SSSR count). The molecule has 1 atom stereocenters. The van der Waals surface area contributed by atoms with Gasteiger partial charge in [0.05, 0.1) is 6.04 Å². The molecule has 1 saturated heterocycles. The van der Waals surface area contributed by atoms with Crippen LogP contribution >= 0.6 is 0 Å². The van der Waals surface area contributed by atoms with E-state index in [1.54, 1.807) is 35.2 Å². The van der Waals surface area contributed by atoms with Crippen LogP contribution in [-0.4, -0.2) is 43.0 Å². The number of nitrogens with zero attached hydrogens (tertiary/aromatic N) is 2. The number of hydrogen-bond donors (Lipinski definition) is 0. The van der Waals surface area contributed by atoms with Crippen molar-refractivity contribution in [2.45, 2.75) is 6.04 Å². The molecule has 1 aliphatic rings. The fourth-order valence-corrected chi connectivity index (χ4v) is 2.34. The summed E-state index contributed by atoms with van der Waals surface area (Å²) in [6.45, 7) is 2.67. The first kappa shape index (κ1) is 14.1. The van der Waals surface area contributed by atoms with Crippen LogP contribution in [-0.2, 0) is 0 Å². The molecule has 0 aromatic heterocycles. The van der Waals surface area contributed by atoms with Gasteiger partial charge >= 0.3 is 6.08 Å². The Morgan fingerprint density at radius 2 is 1.58 bits per heavy atom. The topological polar surface area (TPSA) is 6.48 Å². The van der Waals surface area contributed by atoms with Crippen molar-refractivity contribution >= 4 is 0 Å². The zero-order valence-electron chi connectivity index (χ0n) is 10.8. The summed E-state index contributed by atoms with van der Waals surface area (Å²) < 4.78 is 39.2. The molecule has 0 saturated carbocycles. The van der Waals surface area contributed by atoms with Gasteiger partial charge in [0.2, 0.25) is 0 Å². The molecule has 104 valence electrons. The van der Waals surface area contributed by atoms with E-state index in [9.17, 15) is 13.2 Å². The number of halogens is 3. The minimum atomic E-state index is -2.23. The lowest BCUT2D eigenvalue weighted by Gasteiger charge is -2.37. The van der Waals surface area contributed by atoms with Gasteiger partial charge in [0.15, 0.2) is 5.83 Å². The molecule has 1 unspecified atom stereocenters. The molecule has 1 aromatic carbocycles. The number of rotatable bonds is 3. The standard InChI is InChI=1S/C14H17F3N2/c1-18-7-9-19(10-8-18)13(12(15)14(16)17)11-5-3-2-4-6-11/h2-6,13H,7-10H2,1H3. The van der Waals surface area contributed by atoms with E-state index in [1.807, 2.05) is 7.05 Å². The second kappa shape index (κ2) is 6.21. The molecule has 5 heteroatoms. The third-order valence-corrected chi connectivity index (χ3v) is 3.44. The summed E-state index contributed by atoms with van der Waals surface area (Å²) in [4.78, 5) is 3.87. The van der Waals surface area contributed by atoms with Gasteiger partial charge < -0.3 is 4.90 Å². The van der Waals surface area contributed by atoms with Crippen LogP contribution < -0.4 is 0 Å². The van der Waals surface area contributed by atoms with Crippen LogP contribution in [0.3, 0.4) is 0 Å². The van der Waals surface area contributed by atoms with E-state index in [0.29, 0.717) is 18.7 Å². The molecule has 1 aromatic rings. The maximum Gasteiger partial charge on any atom is 0.303 e. The fourth-order valence-electron chi connectivity index (χ4n) is 2.34. The van der Waals surface area contributed by atoms with Gasteiger partial charge in [0.1, 0.15) is 0 Å². The quantitative estimate of drug-likeness (QED) is 0.833. The summed E-state index contributed by atoms with van der Waals surface area (Å²) >= 11 is 0. The first-order chi connectivity index (χ1) is 9.09. The molecule has 19 heavy (non-hydrogen) atoms. The number of benzene rings is 1. The molecule has 0 amide bonds. The lowest BCUT2D eigenvalue weighted by molar-refractivity contribution is 0.111. The van der Waals surface area contributed by atoms with Crippen LogP contribution in [0, 0.1) is 0 Å². The van der Waals surface area contributed by atoms with Crippen LogP contribution in [0.15, 0.2) is 42.2 Å². The van der Waals surface area contributed by atoms with E-state index >= 15 is 0 Å². The summed E-state index contributed by atoms with van der Waals surface area (Å²) in [6, 6.07) is 7.67. The number of piperazine rings is 1. The van der Waals surface area contributed by atoms with Gasteiger partial charge in [-0.15, -0.1) is 0 Å². The predicted molar refractivity (Wildman–Crippen MR) is 68.6 cm³/mol. The third kappa shape index (κ3) is 3.36. The van der Waals surface area contributed by atoms with Crippen molar-refractivity contribution in [3.63, 3.8) is 0 Å². The maximum absolute atomic E-state index is 13.8. The first-order valence-electron chi connectivity index (χ1n) is 6.28. The molecule has 0 spiro atoms. The van der Waals surface area contributed by atoms with Crippen LogP contribution in [0.1, 0.15) is 11.6 Å². The first-order valence-corrected chi connectivity index (χ1v) is 6.28. The summed E-state index contributed by atoms with van der Waals surface area (Å²) in [5.41, 5.74) is 0.567. The summed E-state index contributed by atoms with van der Waals surface area (Å²) in [7, 11) is 1.97. The Hall–Kier alpha value is -1.33. The average Bonchev–Trinajstić information content (AvgIpc) is 2.42. The normalized spacial score (nSPS) is 19.2. The largest absolute Gasteiger partial charge is 0.304 e. The highest BCUT2D eigenvalue weighted by Crippen LogP contribution is 2.32. The Bertz CT molecular complexity index is 435. The highest BCUT2D eigenvalue weighted by Gasteiger charge is 2.30. The lowest BCUT2D eigenvalue weighted by Crippen LogP contribution is -2.46. The SMILES string of the molecule is CN1CCN(C(C(F)=C(F)F)c2ccccc2)CC1. The van der Waals surface area contributed by atoms with Crippen molar-refractivity contribution in [1.29, 1.82) is 0 Å². The minimum absolute atomic E-state index is 0.567. The van der Waals surface area contributed by atoms with Gasteiger partial charge in [-0.1, -0.05) is 30.3 Å². The molecule has 2 nitrogen and oxygen atoms in total. The van der Waals surface area contributed by atoms with Crippen molar-refractivity contribution in [1.82, 2.24) is 9.80 Å². The molecule has 1 fully saturated rings.